The van der Waals surface area contributed by atoms with Crippen molar-refractivity contribution in [1.82, 2.24) is 39.6 Å². The van der Waals surface area contributed by atoms with E-state index in [1.54, 1.807) is 16.7 Å². The summed E-state index contributed by atoms with van der Waals surface area (Å²) in [6.07, 6.45) is 28.6. The largest absolute Gasteiger partial charge is 0.463 e. The van der Waals surface area contributed by atoms with Crippen molar-refractivity contribution in [2.75, 3.05) is 148 Å². The standard InChI is InChI=1S/C85H160N8O15S4/c1-16-69(4)104-66-109-61-41-37-53-88(12)77(97)45-25-21-33-57-92(58-34-22-26-46-78(98)89(13)54-38-42-62-110-67-105-70(5)17-2)81(101)49-29-19-31-51-87(11)52-32-20-30-50-82(102)93(59-35-23-27-47-79(99)90(14)55-39-43-63-111-68-106-71(6)18-3)60-36-24-28-48-80(100)91(15)56-40-44-64-112-85-83(86-73(8)94)84(107-75(10)96)72(7)76(108-85)65-103-74(9)95/h69-72,76,83-85H,16-68H2,1-15H3,(H,86,94)/t69?,70?,71?,72-,76?,83?,84-,85-/m0/s1. The summed E-state index contributed by atoms with van der Waals surface area (Å²) < 4.78 is 34.7. The van der Waals surface area contributed by atoms with Crippen LogP contribution in [0, 0.1) is 5.92 Å². The van der Waals surface area contributed by atoms with Gasteiger partial charge in [0.1, 0.15) is 24.2 Å². The van der Waals surface area contributed by atoms with E-state index in [9.17, 15) is 43.2 Å². The number of carbonyl (C=O) groups excluding carboxylic acids is 9. The van der Waals surface area contributed by atoms with Gasteiger partial charge in [-0.3, -0.25) is 43.2 Å². The van der Waals surface area contributed by atoms with E-state index in [1.807, 2.05) is 83.1 Å². The molecular formula is C85H160N8O15S4. The van der Waals surface area contributed by atoms with Gasteiger partial charge in [-0.25, -0.2) is 0 Å². The highest BCUT2D eigenvalue weighted by molar-refractivity contribution is 8.00. The fraction of sp³-hybridized carbons (Fsp3) is 0.894. The highest BCUT2D eigenvalue weighted by Crippen LogP contribution is 2.35. The maximum absolute atomic E-state index is 14.0. The lowest BCUT2D eigenvalue weighted by Gasteiger charge is -2.45. The molecule has 1 fully saturated rings. The van der Waals surface area contributed by atoms with Gasteiger partial charge >= 0.3 is 11.9 Å². The van der Waals surface area contributed by atoms with E-state index in [2.05, 4.69) is 58.8 Å². The van der Waals surface area contributed by atoms with E-state index < -0.39 is 35.6 Å². The zero-order chi connectivity index (χ0) is 83.1. The third kappa shape index (κ3) is 55.9. The molecule has 23 nitrogen and oxygen atoms in total. The number of amides is 7. The Kier molecular flexibility index (Phi) is 65.9. The van der Waals surface area contributed by atoms with Crippen molar-refractivity contribution >= 4 is 100 Å². The molecule has 0 saturated carbocycles. The lowest BCUT2D eigenvalue weighted by molar-refractivity contribution is -0.180. The second kappa shape index (κ2) is 69.4. The van der Waals surface area contributed by atoms with Gasteiger partial charge in [-0.2, -0.15) is 0 Å². The number of esters is 2. The topological polar surface area (TPSA) is 244 Å². The molecule has 1 N–H and O–H groups in total. The molecule has 0 aromatic carbocycles. The molecule has 27 heteroatoms. The van der Waals surface area contributed by atoms with Crippen LogP contribution in [-0.2, 0) is 71.6 Å². The van der Waals surface area contributed by atoms with Crippen molar-refractivity contribution in [3.8, 4) is 0 Å². The summed E-state index contributed by atoms with van der Waals surface area (Å²) in [6.45, 7) is 25.9. The van der Waals surface area contributed by atoms with Crippen LogP contribution in [0.25, 0.3) is 0 Å². The Morgan fingerprint density at radius 3 is 0.991 bits per heavy atom. The first-order chi connectivity index (χ1) is 53.7. The SMILES string of the molecule is CCC(C)OCSCCCCN(C)C(=O)CCCCCN(CCCCCC(=O)N(C)CCCCSCOC(C)CC)C(=O)CCCCCN(C)CCCCCC(=O)N(CCCCCC(=O)N(C)CCCCSCOC(C)CC)CCCCCC(=O)N(C)CCCCS[C@@H]1OC(COC(C)=O)[C@H](C)[C@H](OC(C)=O)C1NC(C)=O. The van der Waals surface area contributed by atoms with Crippen molar-refractivity contribution in [3.05, 3.63) is 0 Å². The number of hydrogen-bond donors (Lipinski definition) is 1. The van der Waals surface area contributed by atoms with E-state index >= 15 is 0 Å². The van der Waals surface area contributed by atoms with Crippen molar-refractivity contribution in [3.63, 3.8) is 0 Å². The highest BCUT2D eigenvalue weighted by Gasteiger charge is 2.47. The third-order valence-electron chi connectivity index (χ3n) is 21.0. The smallest absolute Gasteiger partial charge is 0.302 e. The summed E-state index contributed by atoms with van der Waals surface area (Å²) in [6, 6.07) is -0.608. The van der Waals surface area contributed by atoms with Crippen LogP contribution in [-0.4, -0.2) is 278 Å². The Labute approximate surface area is 697 Å². The number of carbonyl (C=O) groups is 9. The zero-order valence-corrected chi connectivity index (χ0v) is 76.2. The van der Waals surface area contributed by atoms with Crippen LogP contribution in [0.5, 0.6) is 0 Å². The summed E-state index contributed by atoms with van der Waals surface area (Å²) in [7, 11) is 9.69. The molecule has 1 saturated heterocycles. The first-order valence-electron chi connectivity index (χ1n) is 43.4. The van der Waals surface area contributed by atoms with Crippen LogP contribution in [0.3, 0.4) is 0 Å². The Bertz CT molecular complexity index is 2430. The lowest BCUT2D eigenvalue weighted by atomic mass is 9.89. The van der Waals surface area contributed by atoms with Gasteiger partial charge in [-0.05, 0) is 212 Å². The van der Waals surface area contributed by atoms with Crippen LogP contribution in [0.2, 0.25) is 0 Å². The maximum atomic E-state index is 14.0. The Balaban J connectivity index is 2.77. The van der Waals surface area contributed by atoms with Gasteiger partial charge in [0.25, 0.3) is 0 Å². The minimum absolute atomic E-state index is 0.00594. The van der Waals surface area contributed by atoms with Gasteiger partial charge < -0.3 is 68.0 Å². The number of nitrogens with zero attached hydrogens (tertiary/aromatic N) is 7. The van der Waals surface area contributed by atoms with Crippen LogP contribution in [0.4, 0.5) is 0 Å². The number of ether oxygens (including phenoxy) is 6. The molecule has 0 radical (unpaired) electrons. The quantitative estimate of drug-likeness (QED) is 0.0338. The van der Waals surface area contributed by atoms with E-state index in [-0.39, 0.29) is 72.2 Å². The number of hydrogen-bond acceptors (Lipinski definition) is 20. The molecule has 8 atom stereocenters. The molecule has 5 unspecified atom stereocenters. The summed E-state index contributed by atoms with van der Waals surface area (Å²) in [5.41, 5.74) is -0.559. The molecule has 0 aromatic heterocycles. The molecule has 112 heavy (non-hydrogen) atoms. The van der Waals surface area contributed by atoms with Gasteiger partial charge in [0.15, 0.2) is 0 Å². The molecule has 654 valence electrons. The van der Waals surface area contributed by atoms with Crippen molar-refractivity contribution < 1.29 is 71.6 Å². The van der Waals surface area contributed by atoms with Gasteiger partial charge in [0.05, 0.1) is 42.2 Å². The van der Waals surface area contributed by atoms with E-state index in [0.29, 0.717) is 94.8 Å². The molecule has 0 aliphatic carbocycles. The molecule has 0 aromatic rings. The molecule has 1 aliphatic rings. The number of nitrogens with one attached hydrogen (secondary N) is 1. The van der Waals surface area contributed by atoms with Crippen molar-refractivity contribution in [2.24, 2.45) is 5.92 Å². The molecule has 7 amide bonds. The Morgan fingerprint density at radius 2 is 0.688 bits per heavy atom. The molecule has 1 heterocycles. The minimum atomic E-state index is -0.683. The van der Waals surface area contributed by atoms with Crippen LogP contribution in [0.1, 0.15) is 294 Å². The predicted octanol–water partition coefficient (Wildman–Crippen LogP) is 15.5. The number of unbranched alkanes of at least 4 members (excludes halogenated alkanes) is 16. The number of rotatable bonds is 73. The Morgan fingerprint density at radius 1 is 0.384 bits per heavy atom. The second-order valence-electron chi connectivity index (χ2n) is 31.1. The summed E-state index contributed by atoms with van der Waals surface area (Å²) >= 11 is 6.92. The summed E-state index contributed by atoms with van der Waals surface area (Å²) in [5, 5.41) is 2.92. The minimum Gasteiger partial charge on any atom is -0.463 e. The third-order valence-corrected chi connectivity index (χ3v) is 24.9. The maximum Gasteiger partial charge on any atom is 0.302 e. The lowest BCUT2D eigenvalue weighted by Crippen LogP contribution is -2.61. The van der Waals surface area contributed by atoms with Crippen molar-refractivity contribution in [2.45, 2.75) is 336 Å². The van der Waals surface area contributed by atoms with Gasteiger partial charge in [-0.1, -0.05) is 66.2 Å². The molecule has 0 spiro atoms. The monoisotopic (exact) mass is 1660 g/mol. The van der Waals surface area contributed by atoms with Crippen LogP contribution >= 0.6 is 47.0 Å². The van der Waals surface area contributed by atoms with E-state index in [4.69, 9.17) is 28.4 Å². The van der Waals surface area contributed by atoms with Crippen molar-refractivity contribution in [1.29, 1.82) is 0 Å². The first kappa shape index (κ1) is 106. The van der Waals surface area contributed by atoms with E-state index in [1.165, 1.54) is 32.5 Å². The molecule has 1 aliphatic heterocycles. The average Bonchev–Trinajstić information content (AvgIpc) is 0.795. The second-order valence-corrected chi connectivity index (χ2v) is 35.5. The fourth-order valence-electron chi connectivity index (χ4n) is 12.8. The normalized spacial score (nSPS) is 16.3. The van der Waals surface area contributed by atoms with Gasteiger partial charge in [0, 0.05) is 146 Å². The van der Waals surface area contributed by atoms with E-state index in [0.717, 1.165) is 236 Å². The van der Waals surface area contributed by atoms with Gasteiger partial charge in [-0.15, -0.1) is 47.0 Å². The zero-order valence-electron chi connectivity index (χ0n) is 73.0. The highest BCUT2D eigenvalue weighted by atomic mass is 32.2. The Hall–Kier alpha value is -3.57. The molecular weight excluding hydrogens is 1500 g/mol. The molecule has 1 rings (SSSR count). The summed E-state index contributed by atoms with van der Waals surface area (Å²) in [4.78, 5) is 130. The van der Waals surface area contributed by atoms with Crippen LogP contribution < -0.4 is 5.32 Å². The first-order valence-corrected chi connectivity index (χ1v) is 47.9. The molecule has 0 bridgehead atoms. The van der Waals surface area contributed by atoms with Gasteiger partial charge in [0.2, 0.25) is 41.4 Å². The summed E-state index contributed by atoms with van der Waals surface area (Å²) in [5.74, 6) is 5.26. The fourth-order valence-corrected chi connectivity index (χ4v) is 16.6. The average molecular weight is 1660 g/mol. The predicted molar refractivity (Wildman–Crippen MR) is 464 cm³/mol. The number of thioether (sulfide) groups is 4. The van der Waals surface area contributed by atoms with Crippen LogP contribution in [0.15, 0.2) is 0 Å².